The largest absolute Gasteiger partial charge is 0.504 e. The normalized spacial score (nSPS) is 31.2. The van der Waals surface area contributed by atoms with Gasteiger partial charge in [-0.15, -0.1) is 0 Å². The van der Waals surface area contributed by atoms with Crippen LogP contribution in [0.1, 0.15) is 47.8 Å². The first-order valence-corrected chi connectivity index (χ1v) is 13.8. The third-order valence-electron chi connectivity index (χ3n) is 10.3. The SMILES string of the molecule is Oc1ccc2c3c1O[C@@H]1c4[nH]c5c(-c6ccccc6)cccc5c4C[C@@]4(O)[C@@H](C2)N(CC2CC2)CC[C@]314. The Morgan fingerprint density at radius 1 is 1.03 bits per heavy atom. The molecule has 37 heavy (non-hydrogen) atoms. The van der Waals surface area contributed by atoms with Gasteiger partial charge in [-0.2, -0.15) is 0 Å². The van der Waals surface area contributed by atoms with Crippen LogP contribution < -0.4 is 4.74 Å². The van der Waals surface area contributed by atoms with Crippen LogP contribution in [0.3, 0.4) is 0 Å². The number of rotatable bonds is 3. The zero-order valence-corrected chi connectivity index (χ0v) is 20.7. The minimum absolute atomic E-state index is 0.0475. The quantitative estimate of drug-likeness (QED) is 0.367. The first-order chi connectivity index (χ1) is 18.1. The number of fused-ring (bicyclic) bond motifs is 4. The highest BCUT2D eigenvalue weighted by atomic mass is 16.5. The van der Waals surface area contributed by atoms with Crippen molar-refractivity contribution in [1.29, 1.82) is 0 Å². The number of piperidine rings is 1. The van der Waals surface area contributed by atoms with Gasteiger partial charge in [-0.05, 0) is 60.9 Å². The van der Waals surface area contributed by atoms with Crippen molar-refractivity contribution in [1.82, 2.24) is 9.88 Å². The van der Waals surface area contributed by atoms with Crippen molar-refractivity contribution in [2.75, 3.05) is 13.1 Å². The Kier molecular flexibility index (Phi) is 3.80. The summed E-state index contributed by atoms with van der Waals surface area (Å²) in [6.07, 6.45) is 4.51. The van der Waals surface area contributed by atoms with Crippen molar-refractivity contribution in [3.8, 4) is 22.6 Å². The highest BCUT2D eigenvalue weighted by molar-refractivity contribution is 5.97. The van der Waals surface area contributed by atoms with E-state index < -0.39 is 11.0 Å². The summed E-state index contributed by atoms with van der Waals surface area (Å²) in [6, 6.07) is 20.9. The summed E-state index contributed by atoms with van der Waals surface area (Å²) < 4.78 is 6.75. The number of phenols is 1. The summed E-state index contributed by atoms with van der Waals surface area (Å²) in [7, 11) is 0. The number of benzene rings is 3. The predicted molar refractivity (Wildman–Crippen MR) is 142 cm³/mol. The fourth-order valence-corrected chi connectivity index (χ4v) is 8.51. The van der Waals surface area contributed by atoms with Crippen LogP contribution in [-0.2, 0) is 18.3 Å². The number of ether oxygens (including phenoxy) is 1. The van der Waals surface area contributed by atoms with Gasteiger partial charge in [-0.25, -0.2) is 0 Å². The first-order valence-electron chi connectivity index (χ1n) is 13.8. The van der Waals surface area contributed by atoms with E-state index in [2.05, 4.69) is 58.4 Å². The van der Waals surface area contributed by atoms with E-state index >= 15 is 0 Å². The molecule has 5 nitrogen and oxygen atoms in total. The van der Waals surface area contributed by atoms with Gasteiger partial charge < -0.3 is 19.9 Å². The molecule has 4 aromatic rings. The van der Waals surface area contributed by atoms with Crippen LogP contribution >= 0.6 is 0 Å². The van der Waals surface area contributed by atoms with Crippen molar-refractivity contribution in [3.05, 3.63) is 83.0 Å². The maximum absolute atomic E-state index is 13.0. The Labute approximate surface area is 215 Å². The van der Waals surface area contributed by atoms with Crippen molar-refractivity contribution >= 4 is 10.9 Å². The van der Waals surface area contributed by atoms with Crippen molar-refractivity contribution in [2.45, 2.75) is 55.3 Å². The molecule has 0 radical (unpaired) electrons. The molecule has 0 unspecified atom stereocenters. The summed E-state index contributed by atoms with van der Waals surface area (Å²) in [5, 5.41) is 25.1. The standard InChI is InChI=1S/C32H30N2O3/c35-24-12-11-20-15-25-32(36)16-23-22-8-4-7-21(19-5-2-1-3-6-19)27(22)33-28(23)30-31(32,26(20)29(24)37-30)13-14-34(25)17-18-9-10-18/h1-8,11-12,18,25,30,33,35-36H,9-10,13-17H2/t25-,30-,31+,32-/m1/s1. The highest BCUT2D eigenvalue weighted by Crippen LogP contribution is 2.69. The molecule has 1 saturated heterocycles. The van der Waals surface area contributed by atoms with Gasteiger partial charge in [0.05, 0.1) is 22.2 Å². The fourth-order valence-electron chi connectivity index (χ4n) is 8.51. The first kappa shape index (κ1) is 20.7. The fraction of sp³-hybridized carbons (Fsp3) is 0.375. The Balaban J connectivity index is 1.31. The molecule has 186 valence electrons. The number of aromatic amines is 1. The summed E-state index contributed by atoms with van der Waals surface area (Å²) >= 11 is 0. The molecule has 1 saturated carbocycles. The molecular weight excluding hydrogens is 460 g/mol. The van der Waals surface area contributed by atoms with Crippen LogP contribution in [0.4, 0.5) is 0 Å². The molecule has 2 aliphatic heterocycles. The molecule has 3 N–H and O–H groups in total. The molecule has 3 aliphatic carbocycles. The van der Waals surface area contributed by atoms with Crippen LogP contribution in [-0.4, -0.2) is 44.8 Å². The zero-order valence-electron chi connectivity index (χ0n) is 20.7. The number of nitrogens with one attached hydrogen (secondary N) is 1. The second-order valence-electron chi connectivity index (χ2n) is 12.0. The summed E-state index contributed by atoms with van der Waals surface area (Å²) in [4.78, 5) is 6.40. The van der Waals surface area contributed by atoms with Gasteiger partial charge in [0.2, 0.25) is 0 Å². The van der Waals surface area contributed by atoms with Crippen LogP contribution in [0.5, 0.6) is 11.5 Å². The third-order valence-corrected chi connectivity index (χ3v) is 10.3. The van der Waals surface area contributed by atoms with E-state index in [0.29, 0.717) is 12.2 Å². The van der Waals surface area contributed by atoms with Crippen LogP contribution in [0.25, 0.3) is 22.0 Å². The second-order valence-corrected chi connectivity index (χ2v) is 12.0. The number of hydrogen-bond acceptors (Lipinski definition) is 4. The average Bonchev–Trinajstić information content (AvgIpc) is 3.55. The van der Waals surface area contributed by atoms with Gasteiger partial charge in [0.1, 0.15) is 0 Å². The van der Waals surface area contributed by atoms with Crippen LogP contribution in [0.2, 0.25) is 0 Å². The van der Waals surface area contributed by atoms with E-state index in [4.69, 9.17) is 4.74 Å². The number of phenolic OH excluding ortho intramolecular Hbond substituents is 1. The number of hydrogen-bond donors (Lipinski definition) is 3. The Hall–Kier alpha value is -3.28. The number of aromatic hydroxyl groups is 1. The Bertz CT molecular complexity index is 1610. The minimum Gasteiger partial charge on any atom is -0.504 e. The summed E-state index contributed by atoms with van der Waals surface area (Å²) in [5.41, 5.74) is 6.46. The molecule has 0 amide bonds. The lowest BCUT2D eigenvalue weighted by atomic mass is 9.49. The molecular formula is C32H30N2O3. The average molecular weight is 491 g/mol. The molecule has 5 aliphatic rings. The number of likely N-dealkylation sites (tertiary alicyclic amines) is 1. The predicted octanol–water partition coefficient (Wildman–Crippen LogP) is 5.24. The molecule has 1 spiro atoms. The number of nitrogens with zero attached hydrogens (tertiary/aromatic N) is 1. The number of para-hydroxylation sites is 1. The van der Waals surface area contributed by atoms with Crippen LogP contribution in [0.15, 0.2) is 60.7 Å². The van der Waals surface area contributed by atoms with Crippen molar-refractivity contribution in [2.24, 2.45) is 5.92 Å². The van der Waals surface area contributed by atoms with Gasteiger partial charge in [0, 0.05) is 35.5 Å². The topological polar surface area (TPSA) is 68.7 Å². The molecule has 9 rings (SSSR count). The molecule has 3 heterocycles. The van der Waals surface area contributed by atoms with Crippen molar-refractivity contribution in [3.63, 3.8) is 0 Å². The number of aromatic nitrogens is 1. The lowest BCUT2D eigenvalue weighted by molar-refractivity contribution is -0.173. The summed E-state index contributed by atoms with van der Waals surface area (Å²) in [6.45, 7) is 2.04. The molecule has 2 bridgehead atoms. The van der Waals surface area contributed by atoms with E-state index in [0.717, 1.165) is 54.2 Å². The second kappa shape index (κ2) is 6.77. The lowest BCUT2D eigenvalue weighted by Gasteiger charge is -2.62. The van der Waals surface area contributed by atoms with E-state index in [1.54, 1.807) is 6.07 Å². The van der Waals surface area contributed by atoms with Gasteiger partial charge in [-0.1, -0.05) is 54.6 Å². The van der Waals surface area contributed by atoms with Gasteiger partial charge in [0.15, 0.2) is 17.6 Å². The monoisotopic (exact) mass is 490 g/mol. The Morgan fingerprint density at radius 2 is 1.89 bits per heavy atom. The van der Waals surface area contributed by atoms with Gasteiger partial charge in [-0.3, -0.25) is 4.90 Å². The number of H-pyrrole nitrogens is 1. The maximum atomic E-state index is 13.0. The number of aliphatic hydroxyl groups is 1. The smallest absolute Gasteiger partial charge is 0.166 e. The van der Waals surface area contributed by atoms with E-state index in [1.807, 2.05) is 6.07 Å². The third kappa shape index (κ3) is 2.43. The molecule has 3 aromatic carbocycles. The van der Waals surface area contributed by atoms with Gasteiger partial charge >= 0.3 is 0 Å². The van der Waals surface area contributed by atoms with E-state index in [-0.39, 0.29) is 17.9 Å². The maximum Gasteiger partial charge on any atom is 0.166 e. The zero-order chi connectivity index (χ0) is 24.5. The van der Waals surface area contributed by atoms with Crippen LogP contribution in [0, 0.1) is 5.92 Å². The lowest BCUT2D eigenvalue weighted by Crippen LogP contribution is -2.74. The van der Waals surface area contributed by atoms with Crippen molar-refractivity contribution < 1.29 is 14.9 Å². The molecule has 5 heteroatoms. The van der Waals surface area contributed by atoms with Gasteiger partial charge in [0.25, 0.3) is 0 Å². The van der Waals surface area contributed by atoms with E-state index in [9.17, 15) is 10.2 Å². The molecule has 2 fully saturated rings. The highest BCUT2D eigenvalue weighted by Gasteiger charge is 2.72. The Morgan fingerprint density at radius 3 is 2.73 bits per heavy atom. The molecule has 4 atom stereocenters. The summed E-state index contributed by atoms with van der Waals surface area (Å²) in [5.74, 6) is 1.54. The minimum atomic E-state index is -0.957. The molecule has 1 aromatic heterocycles. The van der Waals surface area contributed by atoms with E-state index in [1.165, 1.54) is 34.9 Å².